The highest BCUT2D eigenvalue weighted by Crippen LogP contribution is 2.15. The summed E-state index contributed by atoms with van der Waals surface area (Å²) in [6.07, 6.45) is -0.953. The fraction of sp³-hybridized carbons (Fsp3) is 0.500. The first-order chi connectivity index (χ1) is 6.15. The molecule has 0 spiro atoms. The van der Waals surface area contributed by atoms with Crippen LogP contribution in [0.25, 0.3) is 0 Å². The monoisotopic (exact) mass is 186 g/mol. The van der Waals surface area contributed by atoms with Crippen molar-refractivity contribution in [2.75, 3.05) is 6.61 Å². The minimum absolute atomic E-state index is 0.0968. The molecule has 72 valence electrons. The summed E-state index contributed by atoms with van der Waals surface area (Å²) in [6.45, 7) is 5.03. The van der Waals surface area contributed by atoms with Gasteiger partial charge < -0.3 is 14.2 Å². The van der Waals surface area contributed by atoms with Gasteiger partial charge in [-0.2, -0.15) is 0 Å². The second-order valence-electron chi connectivity index (χ2n) is 2.53. The summed E-state index contributed by atoms with van der Waals surface area (Å²) in [6, 6.07) is 0. The second kappa shape index (κ2) is 3.93. The highest BCUT2D eigenvalue weighted by atomic mass is 16.8. The molecule has 1 aliphatic heterocycles. The third kappa shape index (κ3) is 2.21. The molecule has 0 radical (unpaired) electrons. The van der Waals surface area contributed by atoms with Crippen molar-refractivity contribution in [1.82, 2.24) is 0 Å². The number of carbonyl (C=O) groups excluding carboxylic acids is 2. The zero-order valence-corrected chi connectivity index (χ0v) is 7.19. The lowest BCUT2D eigenvalue weighted by Gasteiger charge is -2.08. The van der Waals surface area contributed by atoms with Crippen LogP contribution in [0.5, 0.6) is 0 Å². The molecule has 1 rings (SSSR count). The van der Waals surface area contributed by atoms with Crippen molar-refractivity contribution in [3.8, 4) is 0 Å². The Bertz CT molecular complexity index is 235. The number of cyclic esters (lactones) is 2. The van der Waals surface area contributed by atoms with Gasteiger partial charge in [-0.25, -0.2) is 9.59 Å². The third-order valence-corrected chi connectivity index (χ3v) is 1.51. The standard InChI is InChI=1S/C8H10O5/c1-3-4-11-7(9)6-5(2)12-8(10)13-6/h3,5-6H,1,4H2,2H3. The van der Waals surface area contributed by atoms with Crippen LogP contribution in [0.2, 0.25) is 0 Å². The maximum absolute atomic E-state index is 11.1. The molecule has 0 aromatic carbocycles. The van der Waals surface area contributed by atoms with Crippen molar-refractivity contribution in [1.29, 1.82) is 0 Å². The normalized spacial score (nSPS) is 26.1. The lowest BCUT2D eigenvalue weighted by atomic mass is 10.2. The summed E-state index contributed by atoms with van der Waals surface area (Å²) in [5.41, 5.74) is 0. The lowest BCUT2D eigenvalue weighted by molar-refractivity contribution is -0.151. The van der Waals surface area contributed by atoms with E-state index >= 15 is 0 Å². The van der Waals surface area contributed by atoms with Gasteiger partial charge in [-0.1, -0.05) is 12.7 Å². The predicted molar refractivity (Wildman–Crippen MR) is 42.0 cm³/mol. The van der Waals surface area contributed by atoms with Gasteiger partial charge in [-0.15, -0.1) is 0 Å². The molecule has 1 saturated heterocycles. The van der Waals surface area contributed by atoms with Gasteiger partial charge in [0.05, 0.1) is 0 Å². The summed E-state index contributed by atoms with van der Waals surface area (Å²) in [5, 5.41) is 0. The van der Waals surface area contributed by atoms with Crippen LogP contribution in [0.15, 0.2) is 12.7 Å². The van der Waals surface area contributed by atoms with E-state index in [2.05, 4.69) is 20.8 Å². The largest absolute Gasteiger partial charge is 0.509 e. The molecule has 5 heteroatoms. The summed E-state index contributed by atoms with van der Waals surface area (Å²) in [4.78, 5) is 21.7. The molecular weight excluding hydrogens is 176 g/mol. The molecule has 13 heavy (non-hydrogen) atoms. The zero-order valence-electron chi connectivity index (χ0n) is 7.19. The van der Waals surface area contributed by atoms with Gasteiger partial charge in [0.1, 0.15) is 6.61 Å². The Hall–Kier alpha value is -1.52. The molecule has 2 unspecified atom stereocenters. The SMILES string of the molecule is C=CCOC(=O)C1OC(=O)OC1C. The highest BCUT2D eigenvalue weighted by molar-refractivity contribution is 5.80. The van der Waals surface area contributed by atoms with E-state index in [4.69, 9.17) is 0 Å². The molecule has 2 atom stereocenters. The second-order valence-corrected chi connectivity index (χ2v) is 2.53. The van der Waals surface area contributed by atoms with E-state index in [-0.39, 0.29) is 6.61 Å². The van der Waals surface area contributed by atoms with Gasteiger partial charge >= 0.3 is 12.1 Å². The molecule has 1 fully saturated rings. The van der Waals surface area contributed by atoms with Crippen LogP contribution in [-0.4, -0.2) is 30.9 Å². The Morgan fingerprint density at radius 1 is 1.69 bits per heavy atom. The van der Waals surface area contributed by atoms with Crippen LogP contribution in [0.1, 0.15) is 6.92 Å². The van der Waals surface area contributed by atoms with E-state index in [1.807, 2.05) is 0 Å². The van der Waals surface area contributed by atoms with Crippen molar-refractivity contribution in [3.05, 3.63) is 12.7 Å². The number of ether oxygens (including phenoxy) is 3. The third-order valence-electron chi connectivity index (χ3n) is 1.51. The molecule has 5 nitrogen and oxygen atoms in total. The molecular formula is C8H10O5. The van der Waals surface area contributed by atoms with Gasteiger partial charge in [0.25, 0.3) is 0 Å². The van der Waals surface area contributed by atoms with Crippen LogP contribution < -0.4 is 0 Å². The molecule has 0 N–H and O–H groups in total. The Morgan fingerprint density at radius 3 is 2.85 bits per heavy atom. The minimum Gasteiger partial charge on any atom is -0.459 e. The molecule has 1 heterocycles. The van der Waals surface area contributed by atoms with Crippen LogP contribution >= 0.6 is 0 Å². The van der Waals surface area contributed by atoms with Gasteiger partial charge in [0.15, 0.2) is 6.10 Å². The van der Waals surface area contributed by atoms with Crippen molar-refractivity contribution < 1.29 is 23.8 Å². The van der Waals surface area contributed by atoms with E-state index in [0.29, 0.717) is 0 Å². The first kappa shape index (κ1) is 9.57. The molecule has 0 aromatic rings. The number of rotatable bonds is 3. The molecule has 0 saturated carbocycles. The van der Waals surface area contributed by atoms with Crippen LogP contribution in [0, 0.1) is 0 Å². The van der Waals surface area contributed by atoms with Gasteiger partial charge in [-0.3, -0.25) is 0 Å². The number of hydrogen-bond acceptors (Lipinski definition) is 5. The summed E-state index contributed by atoms with van der Waals surface area (Å²) in [5.74, 6) is -0.613. The van der Waals surface area contributed by atoms with Crippen LogP contribution in [0.4, 0.5) is 4.79 Å². The fourth-order valence-electron chi connectivity index (χ4n) is 0.904. The molecule has 0 amide bonds. The van der Waals surface area contributed by atoms with E-state index in [0.717, 1.165) is 0 Å². The van der Waals surface area contributed by atoms with Crippen molar-refractivity contribution in [2.24, 2.45) is 0 Å². The van der Waals surface area contributed by atoms with Crippen molar-refractivity contribution in [2.45, 2.75) is 19.1 Å². The Labute approximate surface area is 75.3 Å². The molecule has 1 aliphatic rings. The summed E-state index contributed by atoms with van der Waals surface area (Å²) >= 11 is 0. The quantitative estimate of drug-likeness (QED) is 0.478. The summed E-state index contributed by atoms with van der Waals surface area (Å²) in [7, 11) is 0. The van der Waals surface area contributed by atoms with Gasteiger partial charge in [-0.05, 0) is 6.92 Å². The Balaban J connectivity index is 2.47. The molecule has 0 bridgehead atoms. The van der Waals surface area contributed by atoms with Gasteiger partial charge in [0, 0.05) is 0 Å². The maximum atomic E-state index is 11.1. The smallest absolute Gasteiger partial charge is 0.459 e. The highest BCUT2D eigenvalue weighted by Gasteiger charge is 2.39. The average molecular weight is 186 g/mol. The van der Waals surface area contributed by atoms with Crippen molar-refractivity contribution >= 4 is 12.1 Å². The first-order valence-corrected chi connectivity index (χ1v) is 3.80. The van der Waals surface area contributed by atoms with E-state index in [9.17, 15) is 9.59 Å². The van der Waals surface area contributed by atoms with Crippen LogP contribution in [0.3, 0.4) is 0 Å². The number of hydrogen-bond donors (Lipinski definition) is 0. The van der Waals surface area contributed by atoms with Gasteiger partial charge in [0.2, 0.25) is 6.10 Å². The van der Waals surface area contributed by atoms with E-state index in [1.165, 1.54) is 6.08 Å². The molecule has 0 aromatic heterocycles. The zero-order chi connectivity index (χ0) is 9.84. The van der Waals surface area contributed by atoms with E-state index < -0.39 is 24.3 Å². The number of esters is 1. The number of carbonyl (C=O) groups is 2. The lowest BCUT2D eigenvalue weighted by Crippen LogP contribution is -2.31. The first-order valence-electron chi connectivity index (χ1n) is 3.80. The van der Waals surface area contributed by atoms with E-state index in [1.54, 1.807) is 6.92 Å². The average Bonchev–Trinajstić information content (AvgIpc) is 2.41. The molecule has 0 aliphatic carbocycles. The predicted octanol–water partition coefficient (Wildman–Crippen LogP) is 0.640. The Kier molecular flexibility index (Phi) is 2.89. The minimum atomic E-state index is -0.951. The summed E-state index contributed by atoms with van der Waals surface area (Å²) < 4.78 is 13.8. The van der Waals surface area contributed by atoms with Crippen LogP contribution in [-0.2, 0) is 19.0 Å². The Morgan fingerprint density at radius 2 is 2.38 bits per heavy atom. The topological polar surface area (TPSA) is 61.8 Å². The maximum Gasteiger partial charge on any atom is 0.509 e. The fourth-order valence-corrected chi connectivity index (χ4v) is 0.904. The van der Waals surface area contributed by atoms with Crippen molar-refractivity contribution in [3.63, 3.8) is 0 Å².